The summed E-state index contributed by atoms with van der Waals surface area (Å²) in [5.41, 5.74) is 4.16. The molecule has 0 radical (unpaired) electrons. The van der Waals surface area contributed by atoms with E-state index >= 15 is 0 Å². The van der Waals surface area contributed by atoms with Gasteiger partial charge < -0.3 is 14.8 Å². The van der Waals surface area contributed by atoms with Crippen molar-refractivity contribution >= 4 is 5.91 Å². The fourth-order valence-corrected chi connectivity index (χ4v) is 3.18. The Morgan fingerprint density at radius 3 is 2.21 bits per heavy atom. The molecule has 3 aromatic carbocycles. The van der Waals surface area contributed by atoms with Crippen molar-refractivity contribution in [2.75, 3.05) is 14.2 Å². The normalized spacial score (nSPS) is 11.5. The van der Waals surface area contributed by atoms with Crippen molar-refractivity contribution in [2.45, 2.75) is 19.4 Å². The second-order valence-electron chi connectivity index (χ2n) is 6.64. The summed E-state index contributed by atoms with van der Waals surface area (Å²) in [6, 6.07) is 23.7. The zero-order chi connectivity index (χ0) is 19.9. The SMILES string of the molecule is COc1ccc(OC)c([C@H](C)NC(=O)Cc2ccc(-c3ccccc3)cc2)c1. The molecule has 0 spiro atoms. The van der Waals surface area contributed by atoms with Crippen molar-refractivity contribution in [3.63, 3.8) is 0 Å². The highest BCUT2D eigenvalue weighted by Gasteiger charge is 2.15. The minimum atomic E-state index is -0.193. The van der Waals surface area contributed by atoms with E-state index in [4.69, 9.17) is 9.47 Å². The van der Waals surface area contributed by atoms with Crippen LogP contribution in [0.25, 0.3) is 11.1 Å². The molecule has 0 fully saturated rings. The summed E-state index contributed by atoms with van der Waals surface area (Å²) < 4.78 is 10.7. The summed E-state index contributed by atoms with van der Waals surface area (Å²) in [6.07, 6.45) is 0.325. The molecule has 4 heteroatoms. The molecule has 3 rings (SSSR count). The highest BCUT2D eigenvalue weighted by molar-refractivity contribution is 5.79. The molecule has 1 N–H and O–H groups in total. The van der Waals surface area contributed by atoms with Crippen LogP contribution in [0.3, 0.4) is 0 Å². The third kappa shape index (κ3) is 4.71. The van der Waals surface area contributed by atoms with Gasteiger partial charge >= 0.3 is 0 Å². The standard InChI is InChI=1S/C24H25NO3/c1-17(22-16-21(27-2)13-14-23(22)28-3)25-24(26)15-18-9-11-20(12-10-18)19-7-5-4-6-8-19/h4-14,16-17H,15H2,1-3H3,(H,25,26)/t17-/m0/s1. The molecule has 0 heterocycles. The summed E-state index contributed by atoms with van der Waals surface area (Å²) in [5, 5.41) is 3.04. The predicted molar refractivity (Wildman–Crippen MR) is 112 cm³/mol. The summed E-state index contributed by atoms with van der Waals surface area (Å²) >= 11 is 0. The van der Waals surface area contributed by atoms with Gasteiger partial charge in [0, 0.05) is 5.56 Å². The molecule has 144 valence electrons. The van der Waals surface area contributed by atoms with E-state index in [1.54, 1.807) is 14.2 Å². The van der Waals surface area contributed by atoms with E-state index in [9.17, 15) is 4.79 Å². The fraction of sp³-hybridized carbons (Fsp3) is 0.208. The lowest BCUT2D eigenvalue weighted by Crippen LogP contribution is -2.28. The molecule has 0 aliphatic rings. The lowest BCUT2D eigenvalue weighted by molar-refractivity contribution is -0.121. The minimum Gasteiger partial charge on any atom is -0.497 e. The second-order valence-corrected chi connectivity index (χ2v) is 6.64. The number of methoxy groups -OCH3 is 2. The third-order valence-corrected chi connectivity index (χ3v) is 4.71. The predicted octanol–water partition coefficient (Wildman–Crippen LogP) is 4.79. The Morgan fingerprint density at radius 2 is 1.57 bits per heavy atom. The van der Waals surface area contributed by atoms with Gasteiger partial charge in [0.1, 0.15) is 11.5 Å². The van der Waals surface area contributed by atoms with Crippen LogP contribution in [0.2, 0.25) is 0 Å². The molecule has 28 heavy (non-hydrogen) atoms. The van der Waals surface area contributed by atoms with Crippen LogP contribution in [0, 0.1) is 0 Å². The molecule has 1 amide bonds. The second kappa shape index (κ2) is 9.09. The number of hydrogen-bond acceptors (Lipinski definition) is 3. The van der Waals surface area contributed by atoms with Crippen LogP contribution in [0.15, 0.2) is 72.8 Å². The number of amides is 1. The molecule has 4 nitrogen and oxygen atoms in total. The van der Waals surface area contributed by atoms with Gasteiger partial charge in [-0.2, -0.15) is 0 Å². The average molecular weight is 375 g/mol. The summed E-state index contributed by atoms with van der Waals surface area (Å²) in [4.78, 5) is 12.5. The number of ether oxygens (including phenoxy) is 2. The molecule has 0 aromatic heterocycles. The van der Waals surface area contributed by atoms with Gasteiger partial charge in [-0.3, -0.25) is 4.79 Å². The Balaban J connectivity index is 1.65. The van der Waals surface area contributed by atoms with Crippen molar-refractivity contribution in [3.8, 4) is 22.6 Å². The molecular weight excluding hydrogens is 350 g/mol. The van der Waals surface area contributed by atoms with Gasteiger partial charge in [-0.25, -0.2) is 0 Å². The zero-order valence-electron chi connectivity index (χ0n) is 16.4. The van der Waals surface area contributed by atoms with Gasteiger partial charge in [0.15, 0.2) is 0 Å². The molecule has 0 saturated carbocycles. The van der Waals surface area contributed by atoms with Crippen molar-refractivity contribution < 1.29 is 14.3 Å². The minimum absolute atomic E-state index is 0.0372. The number of carbonyl (C=O) groups excluding carboxylic acids is 1. The molecule has 0 bridgehead atoms. The van der Waals surface area contributed by atoms with Gasteiger partial charge in [0.25, 0.3) is 0 Å². The van der Waals surface area contributed by atoms with E-state index < -0.39 is 0 Å². The molecule has 0 aliphatic carbocycles. The Labute approximate surface area is 166 Å². The van der Waals surface area contributed by atoms with Crippen molar-refractivity contribution in [1.82, 2.24) is 5.32 Å². The van der Waals surface area contributed by atoms with E-state index in [0.717, 1.165) is 33.8 Å². The highest BCUT2D eigenvalue weighted by Crippen LogP contribution is 2.29. The lowest BCUT2D eigenvalue weighted by Gasteiger charge is -2.18. The maximum Gasteiger partial charge on any atom is 0.224 e. The first-order chi connectivity index (χ1) is 13.6. The van der Waals surface area contributed by atoms with Crippen molar-refractivity contribution in [3.05, 3.63) is 83.9 Å². The smallest absolute Gasteiger partial charge is 0.224 e. The quantitative estimate of drug-likeness (QED) is 0.646. The highest BCUT2D eigenvalue weighted by atomic mass is 16.5. The van der Waals surface area contributed by atoms with E-state index in [1.807, 2.05) is 67.6 Å². The van der Waals surface area contributed by atoms with E-state index in [1.165, 1.54) is 0 Å². The van der Waals surface area contributed by atoms with Crippen LogP contribution < -0.4 is 14.8 Å². The van der Waals surface area contributed by atoms with Gasteiger partial charge in [0.2, 0.25) is 5.91 Å². The van der Waals surface area contributed by atoms with E-state index in [2.05, 4.69) is 17.4 Å². The molecule has 0 saturated heterocycles. The van der Waals surface area contributed by atoms with E-state index in [0.29, 0.717) is 6.42 Å². The topological polar surface area (TPSA) is 47.6 Å². The first kappa shape index (κ1) is 19.5. The molecule has 1 atom stereocenters. The first-order valence-electron chi connectivity index (χ1n) is 9.26. The van der Waals surface area contributed by atoms with Crippen molar-refractivity contribution in [1.29, 1.82) is 0 Å². The Kier molecular flexibility index (Phi) is 6.33. The number of carbonyl (C=O) groups is 1. The molecular formula is C24H25NO3. The number of benzene rings is 3. The van der Waals surface area contributed by atoms with Gasteiger partial charge in [-0.05, 0) is 41.8 Å². The number of hydrogen-bond donors (Lipinski definition) is 1. The number of rotatable bonds is 7. The van der Waals surface area contributed by atoms with Crippen molar-refractivity contribution in [2.24, 2.45) is 0 Å². The van der Waals surface area contributed by atoms with Crippen LogP contribution >= 0.6 is 0 Å². The average Bonchev–Trinajstić information content (AvgIpc) is 2.74. The number of nitrogens with one attached hydrogen (secondary N) is 1. The van der Waals surface area contributed by atoms with Gasteiger partial charge in [-0.15, -0.1) is 0 Å². The third-order valence-electron chi connectivity index (χ3n) is 4.71. The van der Waals surface area contributed by atoms with Crippen LogP contribution in [0.5, 0.6) is 11.5 Å². The van der Waals surface area contributed by atoms with Gasteiger partial charge in [-0.1, -0.05) is 54.6 Å². The summed E-state index contributed by atoms with van der Waals surface area (Å²) in [7, 11) is 3.24. The van der Waals surface area contributed by atoms with Crippen LogP contribution in [-0.4, -0.2) is 20.1 Å². The fourth-order valence-electron chi connectivity index (χ4n) is 3.18. The molecule has 0 aliphatic heterocycles. The maximum absolute atomic E-state index is 12.5. The maximum atomic E-state index is 12.5. The monoisotopic (exact) mass is 375 g/mol. The van der Waals surface area contributed by atoms with E-state index in [-0.39, 0.29) is 11.9 Å². The lowest BCUT2D eigenvalue weighted by atomic mass is 10.0. The first-order valence-corrected chi connectivity index (χ1v) is 9.26. The Hall–Kier alpha value is -3.27. The summed E-state index contributed by atoms with van der Waals surface area (Å²) in [6.45, 7) is 1.94. The molecule has 3 aromatic rings. The summed E-state index contributed by atoms with van der Waals surface area (Å²) in [5.74, 6) is 1.42. The Bertz CT molecular complexity index is 920. The molecule has 0 unspecified atom stereocenters. The Morgan fingerprint density at radius 1 is 0.893 bits per heavy atom. The van der Waals surface area contributed by atoms with Gasteiger partial charge in [0.05, 0.1) is 26.7 Å². The van der Waals surface area contributed by atoms with Crippen LogP contribution in [0.1, 0.15) is 24.1 Å². The largest absolute Gasteiger partial charge is 0.497 e. The zero-order valence-corrected chi connectivity index (χ0v) is 16.4. The van der Waals surface area contributed by atoms with Crippen LogP contribution in [-0.2, 0) is 11.2 Å². The van der Waals surface area contributed by atoms with Crippen LogP contribution in [0.4, 0.5) is 0 Å².